The Labute approximate surface area is 160 Å². The molecule has 1 aromatic heterocycles. The first-order valence-electron chi connectivity index (χ1n) is 9.16. The number of nitrogens with zero attached hydrogens (tertiary/aromatic N) is 4. The van der Waals surface area contributed by atoms with Crippen LogP contribution >= 0.6 is 0 Å². The number of aryl methyl sites for hydroxylation is 1. The zero-order valence-electron chi connectivity index (χ0n) is 15.3. The third kappa shape index (κ3) is 3.05. The molecule has 2 aliphatic rings. The van der Waals surface area contributed by atoms with Crippen molar-refractivity contribution in [2.24, 2.45) is 5.41 Å². The quantitative estimate of drug-likeness (QED) is 0.852. The van der Waals surface area contributed by atoms with Gasteiger partial charge in [-0.25, -0.2) is 0 Å². The van der Waals surface area contributed by atoms with Crippen LogP contribution in [0.4, 0.5) is 19.0 Å². The lowest BCUT2D eigenvalue weighted by Crippen LogP contribution is -2.41. The topological polar surface area (TPSA) is 73.0 Å². The van der Waals surface area contributed by atoms with E-state index in [1.165, 1.54) is 6.92 Å². The summed E-state index contributed by atoms with van der Waals surface area (Å²) < 4.78 is 38.8. The minimum Gasteiger partial charge on any atom is -0.507 e. The maximum absolute atomic E-state index is 12.9. The largest absolute Gasteiger partial charge is 0.507 e. The van der Waals surface area contributed by atoms with E-state index in [9.17, 15) is 23.5 Å². The van der Waals surface area contributed by atoms with E-state index < -0.39 is 17.5 Å². The summed E-state index contributed by atoms with van der Waals surface area (Å²) in [5, 5.41) is 28.1. The molecule has 5 nitrogen and oxygen atoms in total. The normalized spacial score (nSPS) is 17.8. The molecule has 0 saturated heterocycles. The summed E-state index contributed by atoms with van der Waals surface area (Å²) in [5.74, 6) is 0.253. The van der Waals surface area contributed by atoms with Gasteiger partial charge in [0.2, 0.25) is 0 Å². The first-order chi connectivity index (χ1) is 13.2. The molecule has 0 amide bonds. The Morgan fingerprint density at radius 1 is 1.25 bits per heavy atom. The molecule has 0 radical (unpaired) electrons. The maximum Gasteiger partial charge on any atom is 0.416 e. The summed E-state index contributed by atoms with van der Waals surface area (Å²) in [6.45, 7) is 2.86. The number of hydrogen-bond acceptors (Lipinski definition) is 5. The molecule has 0 unspecified atom stereocenters. The van der Waals surface area contributed by atoms with Gasteiger partial charge in [0.05, 0.1) is 22.7 Å². The van der Waals surface area contributed by atoms with Crippen molar-refractivity contribution in [2.45, 2.75) is 38.8 Å². The number of aromatic hydroxyl groups is 1. The van der Waals surface area contributed by atoms with Crippen molar-refractivity contribution in [3.63, 3.8) is 0 Å². The fourth-order valence-electron chi connectivity index (χ4n) is 4.05. The lowest BCUT2D eigenvalue weighted by atomic mass is 9.69. The molecule has 0 spiro atoms. The standard InChI is InChI=1S/C20H19F3N4O/c1-12-7-14(20(21,22)23)9-16(28)17(12)15-8-13-3-6-27(18(13)26-25-15)11-19(10-24)4-2-5-19/h7-9,28H,2-6,11H2,1H3. The number of aromatic nitrogens is 2. The Bertz CT molecular complexity index is 953. The van der Waals surface area contributed by atoms with Crippen molar-refractivity contribution in [1.82, 2.24) is 10.2 Å². The fraction of sp³-hybridized carbons (Fsp3) is 0.450. The summed E-state index contributed by atoms with van der Waals surface area (Å²) in [4.78, 5) is 2.06. The van der Waals surface area contributed by atoms with Crippen LogP contribution in [0.5, 0.6) is 5.75 Å². The summed E-state index contributed by atoms with van der Waals surface area (Å²) in [6.07, 6.45) is -0.965. The third-order valence-corrected chi connectivity index (χ3v) is 5.74. The molecule has 4 rings (SSSR count). The Morgan fingerprint density at radius 3 is 2.57 bits per heavy atom. The predicted octanol–water partition coefficient (Wildman–Crippen LogP) is 4.23. The van der Waals surface area contributed by atoms with Gasteiger partial charge in [-0.2, -0.15) is 18.4 Å². The molecule has 1 N–H and O–H groups in total. The number of hydrogen-bond donors (Lipinski definition) is 1. The second kappa shape index (κ2) is 6.36. The zero-order valence-corrected chi connectivity index (χ0v) is 15.3. The van der Waals surface area contributed by atoms with Crippen LogP contribution in [0.1, 0.15) is 36.0 Å². The maximum atomic E-state index is 12.9. The van der Waals surface area contributed by atoms with Crippen molar-refractivity contribution in [3.8, 4) is 23.1 Å². The van der Waals surface area contributed by atoms with Gasteiger partial charge in [-0.3, -0.25) is 0 Å². The van der Waals surface area contributed by atoms with Crippen LogP contribution in [0.3, 0.4) is 0 Å². The van der Waals surface area contributed by atoms with Gasteiger partial charge < -0.3 is 10.0 Å². The summed E-state index contributed by atoms with van der Waals surface area (Å²) in [5.41, 5.74) is 0.612. The van der Waals surface area contributed by atoms with Gasteiger partial charge in [-0.15, -0.1) is 10.2 Å². The second-order valence-electron chi connectivity index (χ2n) is 7.68. The first-order valence-corrected chi connectivity index (χ1v) is 9.16. The number of rotatable bonds is 3. The van der Waals surface area contributed by atoms with Crippen molar-refractivity contribution in [1.29, 1.82) is 5.26 Å². The summed E-state index contributed by atoms with van der Waals surface area (Å²) in [7, 11) is 0. The predicted molar refractivity (Wildman–Crippen MR) is 96.7 cm³/mol. The average molecular weight is 388 g/mol. The Balaban J connectivity index is 1.65. The minimum absolute atomic E-state index is 0.259. The highest BCUT2D eigenvalue weighted by atomic mass is 19.4. The van der Waals surface area contributed by atoms with Gasteiger partial charge in [0.1, 0.15) is 5.75 Å². The Kier molecular flexibility index (Phi) is 4.21. The van der Waals surface area contributed by atoms with Crippen LogP contribution in [0.25, 0.3) is 11.3 Å². The second-order valence-corrected chi connectivity index (χ2v) is 7.68. The van der Waals surface area contributed by atoms with Crippen LogP contribution in [0.2, 0.25) is 0 Å². The van der Waals surface area contributed by atoms with Crippen LogP contribution in [0.15, 0.2) is 18.2 Å². The van der Waals surface area contributed by atoms with Gasteiger partial charge in [-0.1, -0.05) is 6.42 Å². The van der Waals surface area contributed by atoms with E-state index in [1.807, 2.05) is 0 Å². The fourth-order valence-corrected chi connectivity index (χ4v) is 4.05. The molecule has 8 heteroatoms. The monoisotopic (exact) mass is 388 g/mol. The average Bonchev–Trinajstić information content (AvgIpc) is 2.99. The molecule has 0 bridgehead atoms. The molecular formula is C20H19F3N4O. The molecule has 1 aromatic carbocycles. The third-order valence-electron chi connectivity index (χ3n) is 5.74. The molecule has 1 fully saturated rings. The molecule has 2 aromatic rings. The number of nitriles is 1. The van der Waals surface area contributed by atoms with Crippen LogP contribution in [-0.4, -0.2) is 28.4 Å². The molecule has 28 heavy (non-hydrogen) atoms. The van der Waals surface area contributed by atoms with Gasteiger partial charge in [0.15, 0.2) is 5.82 Å². The van der Waals surface area contributed by atoms with Gasteiger partial charge in [0.25, 0.3) is 0 Å². The number of anilines is 1. The number of phenols is 1. The molecular weight excluding hydrogens is 369 g/mol. The van der Waals surface area contributed by atoms with E-state index in [1.54, 1.807) is 6.07 Å². The summed E-state index contributed by atoms with van der Waals surface area (Å²) in [6, 6.07) is 5.93. The number of alkyl halides is 3. The molecule has 0 atom stereocenters. The van der Waals surface area contributed by atoms with Crippen LogP contribution < -0.4 is 4.90 Å². The van der Waals surface area contributed by atoms with Gasteiger partial charge >= 0.3 is 6.18 Å². The smallest absolute Gasteiger partial charge is 0.416 e. The highest BCUT2D eigenvalue weighted by Gasteiger charge is 2.40. The lowest BCUT2D eigenvalue weighted by molar-refractivity contribution is -0.137. The first kappa shape index (κ1) is 18.5. The van der Waals surface area contributed by atoms with E-state index in [0.717, 1.165) is 49.9 Å². The van der Waals surface area contributed by atoms with Crippen molar-refractivity contribution < 1.29 is 18.3 Å². The molecule has 2 heterocycles. The highest BCUT2D eigenvalue weighted by molar-refractivity contribution is 5.73. The molecule has 1 aliphatic heterocycles. The SMILES string of the molecule is Cc1cc(C(F)(F)F)cc(O)c1-c1cc2c(nn1)N(CC1(C#N)CCC1)CC2. The zero-order chi connectivity index (χ0) is 20.1. The van der Waals surface area contributed by atoms with Gasteiger partial charge in [0, 0.05) is 24.2 Å². The molecule has 1 aliphatic carbocycles. The molecule has 146 valence electrons. The van der Waals surface area contributed by atoms with E-state index in [0.29, 0.717) is 18.1 Å². The number of benzene rings is 1. The molecule has 1 saturated carbocycles. The van der Waals surface area contributed by atoms with E-state index in [2.05, 4.69) is 21.2 Å². The lowest BCUT2D eigenvalue weighted by Gasteiger charge is -2.38. The minimum atomic E-state index is -4.52. The van der Waals surface area contributed by atoms with Crippen molar-refractivity contribution >= 4 is 5.82 Å². The number of phenolic OH excluding ortho intramolecular Hbond substituents is 1. The van der Waals surface area contributed by atoms with Crippen LogP contribution in [-0.2, 0) is 12.6 Å². The van der Waals surface area contributed by atoms with Crippen LogP contribution in [0, 0.1) is 23.7 Å². The Morgan fingerprint density at radius 2 is 2.00 bits per heavy atom. The summed E-state index contributed by atoms with van der Waals surface area (Å²) >= 11 is 0. The van der Waals surface area contributed by atoms with Crippen molar-refractivity contribution in [3.05, 3.63) is 34.9 Å². The highest BCUT2D eigenvalue weighted by Crippen LogP contribution is 2.43. The number of fused-ring (bicyclic) bond motifs is 1. The van der Waals surface area contributed by atoms with E-state index >= 15 is 0 Å². The van der Waals surface area contributed by atoms with Crippen molar-refractivity contribution in [2.75, 3.05) is 18.0 Å². The number of halogens is 3. The Hall–Kier alpha value is -2.82. The van der Waals surface area contributed by atoms with E-state index in [4.69, 9.17) is 0 Å². The van der Waals surface area contributed by atoms with Gasteiger partial charge in [-0.05, 0) is 49.9 Å². The van der Waals surface area contributed by atoms with E-state index in [-0.39, 0.29) is 16.5 Å².